The first-order valence-electron chi connectivity index (χ1n) is 7.51. The van der Waals surface area contributed by atoms with Crippen molar-refractivity contribution in [3.63, 3.8) is 0 Å². The summed E-state index contributed by atoms with van der Waals surface area (Å²) < 4.78 is 15.2. The van der Waals surface area contributed by atoms with Crippen LogP contribution < -0.4 is 20.5 Å². The lowest BCUT2D eigenvalue weighted by atomic mass is 10.1. The molecule has 0 amide bonds. The predicted octanol–water partition coefficient (Wildman–Crippen LogP) is 2.73. The minimum atomic E-state index is -0.404. The van der Waals surface area contributed by atoms with E-state index in [4.69, 9.17) is 15.2 Å². The zero-order chi connectivity index (χ0) is 17.5. The number of hydrogen-bond acceptors (Lipinski definition) is 6. The van der Waals surface area contributed by atoms with Gasteiger partial charge in [0, 0.05) is 6.54 Å². The highest BCUT2D eigenvalue weighted by Crippen LogP contribution is 2.28. The zero-order valence-corrected chi connectivity index (χ0v) is 14.1. The van der Waals surface area contributed by atoms with Crippen LogP contribution in [-0.4, -0.2) is 33.8 Å². The Labute approximate surface area is 141 Å². The minimum Gasteiger partial charge on any atom is -0.493 e. The fraction of sp³-hybridized carbons (Fsp3) is 0.278. The molecule has 0 aromatic heterocycles. The summed E-state index contributed by atoms with van der Waals surface area (Å²) in [6.07, 6.45) is 0.790. The Kier molecular flexibility index (Phi) is 5.89. The number of methoxy groups -OCH3 is 3. The Morgan fingerprint density at radius 1 is 1.04 bits per heavy atom. The number of esters is 1. The van der Waals surface area contributed by atoms with Gasteiger partial charge in [0.1, 0.15) is 0 Å². The molecule has 2 aromatic carbocycles. The number of ether oxygens (including phenoxy) is 3. The van der Waals surface area contributed by atoms with E-state index < -0.39 is 5.97 Å². The fourth-order valence-corrected chi connectivity index (χ4v) is 2.35. The van der Waals surface area contributed by atoms with E-state index in [0.717, 1.165) is 17.7 Å². The molecule has 0 atom stereocenters. The van der Waals surface area contributed by atoms with Crippen LogP contribution in [-0.2, 0) is 11.2 Å². The molecule has 0 saturated carbocycles. The number of benzene rings is 2. The third kappa shape index (κ3) is 4.10. The van der Waals surface area contributed by atoms with Crippen molar-refractivity contribution in [1.29, 1.82) is 0 Å². The van der Waals surface area contributed by atoms with Crippen molar-refractivity contribution >= 4 is 17.3 Å². The van der Waals surface area contributed by atoms with Gasteiger partial charge in [-0.15, -0.1) is 0 Å². The number of anilines is 2. The van der Waals surface area contributed by atoms with Crippen LogP contribution in [0.3, 0.4) is 0 Å². The molecule has 0 saturated heterocycles. The fourth-order valence-electron chi connectivity index (χ4n) is 2.35. The van der Waals surface area contributed by atoms with Crippen molar-refractivity contribution in [3.05, 3.63) is 47.5 Å². The highest BCUT2D eigenvalue weighted by atomic mass is 16.5. The SMILES string of the molecule is COC(=O)c1ccc(NCCc2ccc(OC)c(OC)c2)c(N)c1. The summed E-state index contributed by atoms with van der Waals surface area (Å²) in [4.78, 5) is 11.5. The Bertz CT molecular complexity index is 716. The first kappa shape index (κ1) is 17.5. The highest BCUT2D eigenvalue weighted by Gasteiger charge is 2.08. The number of nitrogen functional groups attached to an aromatic ring is 1. The third-order valence-electron chi connectivity index (χ3n) is 3.65. The molecule has 6 nitrogen and oxygen atoms in total. The summed E-state index contributed by atoms with van der Waals surface area (Å²) >= 11 is 0. The lowest BCUT2D eigenvalue weighted by Crippen LogP contribution is -2.08. The van der Waals surface area contributed by atoms with E-state index in [0.29, 0.717) is 29.3 Å². The van der Waals surface area contributed by atoms with Gasteiger partial charge in [0.05, 0.1) is 38.3 Å². The maximum Gasteiger partial charge on any atom is 0.337 e. The molecule has 0 bridgehead atoms. The largest absolute Gasteiger partial charge is 0.493 e. The van der Waals surface area contributed by atoms with Crippen LogP contribution in [0, 0.1) is 0 Å². The van der Waals surface area contributed by atoms with E-state index in [9.17, 15) is 4.79 Å². The number of carbonyl (C=O) groups excluding carboxylic acids is 1. The van der Waals surface area contributed by atoms with Crippen LogP contribution in [0.2, 0.25) is 0 Å². The van der Waals surface area contributed by atoms with E-state index in [-0.39, 0.29) is 0 Å². The van der Waals surface area contributed by atoms with Gasteiger partial charge in [-0.3, -0.25) is 0 Å². The van der Waals surface area contributed by atoms with Crippen molar-refractivity contribution in [3.8, 4) is 11.5 Å². The van der Waals surface area contributed by atoms with Crippen LogP contribution in [0.15, 0.2) is 36.4 Å². The maximum atomic E-state index is 11.5. The monoisotopic (exact) mass is 330 g/mol. The highest BCUT2D eigenvalue weighted by molar-refractivity contribution is 5.91. The van der Waals surface area contributed by atoms with Gasteiger partial charge in [-0.1, -0.05) is 6.07 Å². The molecule has 24 heavy (non-hydrogen) atoms. The zero-order valence-electron chi connectivity index (χ0n) is 14.1. The Hall–Kier alpha value is -2.89. The number of rotatable bonds is 7. The summed E-state index contributed by atoms with van der Waals surface area (Å²) in [6, 6.07) is 10.9. The van der Waals surface area contributed by atoms with Crippen molar-refractivity contribution in [2.45, 2.75) is 6.42 Å². The molecule has 0 radical (unpaired) electrons. The first-order valence-corrected chi connectivity index (χ1v) is 7.51. The summed E-state index contributed by atoms with van der Waals surface area (Å²) in [7, 11) is 4.57. The third-order valence-corrected chi connectivity index (χ3v) is 3.65. The van der Waals surface area contributed by atoms with Gasteiger partial charge in [-0.25, -0.2) is 4.79 Å². The van der Waals surface area contributed by atoms with Gasteiger partial charge in [0.25, 0.3) is 0 Å². The molecule has 0 spiro atoms. The van der Waals surface area contributed by atoms with Crippen LogP contribution in [0.1, 0.15) is 15.9 Å². The number of nitrogens with one attached hydrogen (secondary N) is 1. The van der Waals surface area contributed by atoms with Crippen LogP contribution in [0.5, 0.6) is 11.5 Å². The first-order chi connectivity index (χ1) is 11.6. The second kappa shape index (κ2) is 8.10. The summed E-state index contributed by atoms with van der Waals surface area (Å²) in [6.45, 7) is 0.692. The molecular weight excluding hydrogens is 308 g/mol. The second-order valence-electron chi connectivity index (χ2n) is 5.16. The van der Waals surface area contributed by atoms with Gasteiger partial charge < -0.3 is 25.3 Å². The normalized spacial score (nSPS) is 10.1. The summed E-state index contributed by atoms with van der Waals surface area (Å²) in [5.41, 5.74) is 8.80. The smallest absolute Gasteiger partial charge is 0.337 e. The van der Waals surface area contributed by atoms with Crippen LogP contribution in [0.25, 0.3) is 0 Å². The average Bonchev–Trinajstić information content (AvgIpc) is 2.62. The van der Waals surface area contributed by atoms with Crippen molar-refractivity contribution in [1.82, 2.24) is 0 Å². The lowest BCUT2D eigenvalue weighted by molar-refractivity contribution is 0.0601. The van der Waals surface area contributed by atoms with E-state index in [2.05, 4.69) is 10.1 Å². The molecule has 3 N–H and O–H groups in total. The van der Waals surface area contributed by atoms with E-state index in [1.54, 1.807) is 32.4 Å². The van der Waals surface area contributed by atoms with Gasteiger partial charge in [0.2, 0.25) is 0 Å². The number of hydrogen-bond donors (Lipinski definition) is 2. The second-order valence-corrected chi connectivity index (χ2v) is 5.16. The standard InChI is InChI=1S/C18H22N2O4/c1-22-16-7-4-12(10-17(16)23-2)8-9-20-15-6-5-13(11-14(15)19)18(21)24-3/h4-7,10-11,20H,8-9,19H2,1-3H3. The van der Waals surface area contributed by atoms with Gasteiger partial charge in [-0.2, -0.15) is 0 Å². The molecule has 0 fully saturated rings. The molecular formula is C18H22N2O4. The molecule has 2 rings (SSSR count). The molecule has 2 aromatic rings. The Morgan fingerprint density at radius 2 is 1.79 bits per heavy atom. The van der Waals surface area contributed by atoms with Gasteiger partial charge in [-0.05, 0) is 42.3 Å². The van der Waals surface area contributed by atoms with E-state index >= 15 is 0 Å². The average molecular weight is 330 g/mol. The molecule has 0 aliphatic heterocycles. The topological polar surface area (TPSA) is 82.8 Å². The van der Waals surface area contributed by atoms with Crippen molar-refractivity contribution < 1.29 is 19.0 Å². The predicted molar refractivity (Wildman–Crippen MR) is 93.9 cm³/mol. The van der Waals surface area contributed by atoms with Crippen molar-refractivity contribution in [2.75, 3.05) is 38.9 Å². The number of nitrogens with two attached hydrogens (primary N) is 1. The molecule has 0 aliphatic rings. The molecule has 0 heterocycles. The van der Waals surface area contributed by atoms with E-state index in [1.165, 1.54) is 7.11 Å². The molecule has 0 unspecified atom stereocenters. The van der Waals surface area contributed by atoms with E-state index in [1.807, 2.05) is 18.2 Å². The lowest BCUT2D eigenvalue weighted by Gasteiger charge is -2.12. The summed E-state index contributed by atoms with van der Waals surface area (Å²) in [5.74, 6) is 1.01. The Balaban J connectivity index is 1.98. The number of carbonyl (C=O) groups is 1. The molecule has 128 valence electrons. The van der Waals surface area contributed by atoms with Gasteiger partial charge in [0.15, 0.2) is 11.5 Å². The minimum absolute atomic E-state index is 0.404. The molecule has 6 heteroatoms. The van der Waals surface area contributed by atoms with Crippen molar-refractivity contribution in [2.24, 2.45) is 0 Å². The van der Waals surface area contributed by atoms with Crippen LogP contribution >= 0.6 is 0 Å². The quantitative estimate of drug-likeness (QED) is 0.600. The Morgan fingerprint density at radius 3 is 2.42 bits per heavy atom. The van der Waals surface area contributed by atoms with Crippen LogP contribution in [0.4, 0.5) is 11.4 Å². The maximum absolute atomic E-state index is 11.5. The summed E-state index contributed by atoms with van der Waals surface area (Å²) in [5, 5.41) is 3.26. The van der Waals surface area contributed by atoms with Gasteiger partial charge >= 0.3 is 5.97 Å². The molecule has 0 aliphatic carbocycles.